The van der Waals surface area contributed by atoms with E-state index < -0.39 is 6.10 Å². The number of hydrogen-bond donors (Lipinski definition) is 1. The van der Waals surface area contributed by atoms with Crippen molar-refractivity contribution in [3.05, 3.63) is 29.8 Å². The summed E-state index contributed by atoms with van der Waals surface area (Å²) in [4.78, 5) is 6.36. The highest BCUT2D eigenvalue weighted by Gasteiger charge is 2.28. The Morgan fingerprint density at radius 2 is 2.22 bits per heavy atom. The average molecular weight is 252 g/mol. The van der Waals surface area contributed by atoms with Gasteiger partial charge in [-0.15, -0.1) is 0 Å². The molecule has 0 radical (unpaired) electrons. The van der Waals surface area contributed by atoms with Gasteiger partial charge in [-0.25, -0.2) is 4.39 Å². The molecule has 0 bridgehead atoms. The van der Waals surface area contributed by atoms with Gasteiger partial charge in [-0.1, -0.05) is 6.92 Å². The van der Waals surface area contributed by atoms with Crippen molar-refractivity contribution in [3.63, 3.8) is 0 Å². The van der Waals surface area contributed by atoms with Gasteiger partial charge in [0.2, 0.25) is 0 Å². The van der Waals surface area contributed by atoms with Crippen LogP contribution in [0.5, 0.6) is 0 Å². The van der Waals surface area contributed by atoms with Crippen molar-refractivity contribution in [1.29, 1.82) is 0 Å². The minimum Gasteiger partial charge on any atom is -0.387 e. The van der Waals surface area contributed by atoms with Crippen molar-refractivity contribution in [1.82, 2.24) is 9.88 Å². The summed E-state index contributed by atoms with van der Waals surface area (Å²) < 4.78 is 12.7. The molecule has 1 aliphatic rings. The van der Waals surface area contributed by atoms with Crippen molar-refractivity contribution < 1.29 is 9.50 Å². The Morgan fingerprint density at radius 1 is 1.44 bits per heavy atom. The Kier molecular flexibility index (Phi) is 4.66. The van der Waals surface area contributed by atoms with Crippen LogP contribution in [-0.2, 0) is 0 Å². The highest BCUT2D eigenvalue weighted by atomic mass is 19.1. The van der Waals surface area contributed by atoms with E-state index in [0.29, 0.717) is 12.1 Å². The molecule has 2 rings (SSSR count). The van der Waals surface area contributed by atoms with Crippen LogP contribution in [0.2, 0.25) is 0 Å². The molecule has 100 valence electrons. The molecule has 18 heavy (non-hydrogen) atoms. The third-order valence-corrected chi connectivity index (χ3v) is 3.36. The molecule has 0 amide bonds. The highest BCUT2D eigenvalue weighted by Crippen LogP contribution is 2.28. The summed E-state index contributed by atoms with van der Waals surface area (Å²) in [5, 5.41) is 10.0. The van der Waals surface area contributed by atoms with Gasteiger partial charge in [0.25, 0.3) is 0 Å². The smallest absolute Gasteiger partial charge is 0.141 e. The van der Waals surface area contributed by atoms with E-state index in [1.807, 2.05) is 0 Å². The minimum atomic E-state index is -0.594. The van der Waals surface area contributed by atoms with Crippen LogP contribution in [0.15, 0.2) is 18.3 Å². The van der Waals surface area contributed by atoms with E-state index >= 15 is 0 Å². The highest BCUT2D eigenvalue weighted by molar-refractivity contribution is 5.08. The molecule has 1 saturated carbocycles. The zero-order chi connectivity index (χ0) is 13.0. The SMILES string of the molecule is CCCN(CCC(O)c1ccc(F)cn1)C1CC1. The van der Waals surface area contributed by atoms with Crippen LogP contribution in [0, 0.1) is 5.82 Å². The second-order valence-corrected chi connectivity index (χ2v) is 4.97. The normalized spacial score (nSPS) is 17.1. The molecular weight excluding hydrogens is 231 g/mol. The molecule has 0 aromatic carbocycles. The van der Waals surface area contributed by atoms with Gasteiger partial charge in [0.15, 0.2) is 0 Å². The van der Waals surface area contributed by atoms with Crippen molar-refractivity contribution in [2.45, 2.75) is 44.8 Å². The largest absolute Gasteiger partial charge is 0.387 e. The Labute approximate surface area is 108 Å². The van der Waals surface area contributed by atoms with E-state index in [1.165, 1.54) is 18.9 Å². The monoisotopic (exact) mass is 252 g/mol. The first-order valence-corrected chi connectivity index (χ1v) is 6.74. The quantitative estimate of drug-likeness (QED) is 0.810. The number of halogens is 1. The molecule has 1 atom stereocenters. The lowest BCUT2D eigenvalue weighted by atomic mass is 10.1. The van der Waals surface area contributed by atoms with Gasteiger partial charge >= 0.3 is 0 Å². The molecule has 0 aliphatic heterocycles. The molecule has 1 aromatic rings. The van der Waals surface area contributed by atoms with E-state index in [9.17, 15) is 9.50 Å². The van der Waals surface area contributed by atoms with E-state index in [1.54, 1.807) is 6.07 Å². The summed E-state index contributed by atoms with van der Waals surface area (Å²) in [7, 11) is 0. The first-order valence-electron chi connectivity index (χ1n) is 6.74. The number of hydrogen-bond acceptors (Lipinski definition) is 3. The maximum atomic E-state index is 12.7. The number of aliphatic hydroxyl groups is 1. The maximum Gasteiger partial charge on any atom is 0.141 e. The van der Waals surface area contributed by atoms with Crippen LogP contribution in [0.1, 0.15) is 44.4 Å². The van der Waals surface area contributed by atoms with Crippen molar-refractivity contribution in [3.8, 4) is 0 Å². The Hall–Kier alpha value is -1.00. The summed E-state index contributed by atoms with van der Waals surface area (Å²) in [6, 6.07) is 3.62. The zero-order valence-corrected chi connectivity index (χ0v) is 10.8. The number of aromatic nitrogens is 1. The summed E-state index contributed by atoms with van der Waals surface area (Å²) in [6.07, 6.45) is 4.93. The fraction of sp³-hybridized carbons (Fsp3) is 0.643. The van der Waals surface area contributed by atoms with Gasteiger partial charge in [-0.3, -0.25) is 4.98 Å². The van der Waals surface area contributed by atoms with E-state index in [0.717, 1.165) is 31.7 Å². The Balaban J connectivity index is 1.82. The van der Waals surface area contributed by atoms with E-state index in [2.05, 4.69) is 16.8 Å². The molecule has 4 heteroatoms. The average Bonchev–Trinajstić information content (AvgIpc) is 3.19. The minimum absolute atomic E-state index is 0.364. The fourth-order valence-electron chi connectivity index (χ4n) is 2.22. The second-order valence-electron chi connectivity index (χ2n) is 4.97. The predicted molar refractivity (Wildman–Crippen MR) is 68.7 cm³/mol. The van der Waals surface area contributed by atoms with Gasteiger partial charge in [0.1, 0.15) is 5.82 Å². The number of nitrogens with zero attached hydrogens (tertiary/aromatic N) is 2. The molecular formula is C14H21FN2O. The van der Waals surface area contributed by atoms with Gasteiger partial charge < -0.3 is 10.0 Å². The molecule has 0 spiro atoms. The van der Waals surface area contributed by atoms with Gasteiger partial charge in [0.05, 0.1) is 18.0 Å². The molecule has 1 N–H and O–H groups in total. The van der Waals surface area contributed by atoms with Crippen LogP contribution < -0.4 is 0 Å². The fourth-order valence-corrected chi connectivity index (χ4v) is 2.22. The van der Waals surface area contributed by atoms with Crippen molar-refractivity contribution >= 4 is 0 Å². The van der Waals surface area contributed by atoms with Crippen molar-refractivity contribution in [2.75, 3.05) is 13.1 Å². The van der Waals surface area contributed by atoms with Gasteiger partial charge in [-0.2, -0.15) is 0 Å². The number of rotatable bonds is 7. The van der Waals surface area contributed by atoms with Crippen LogP contribution in [0.3, 0.4) is 0 Å². The molecule has 1 unspecified atom stereocenters. The number of pyridine rings is 1. The molecule has 3 nitrogen and oxygen atoms in total. The van der Waals surface area contributed by atoms with Crippen molar-refractivity contribution in [2.24, 2.45) is 0 Å². The topological polar surface area (TPSA) is 36.4 Å². The summed E-state index contributed by atoms with van der Waals surface area (Å²) in [5.74, 6) is -0.364. The Bertz CT molecular complexity index is 365. The molecule has 1 heterocycles. The first-order chi connectivity index (χ1) is 8.70. The first kappa shape index (κ1) is 13.4. The molecule has 1 aromatic heterocycles. The Morgan fingerprint density at radius 3 is 2.78 bits per heavy atom. The summed E-state index contributed by atoms with van der Waals surface area (Å²) in [5.41, 5.74) is 0.559. The third-order valence-electron chi connectivity index (χ3n) is 3.36. The zero-order valence-electron chi connectivity index (χ0n) is 10.8. The lowest BCUT2D eigenvalue weighted by Crippen LogP contribution is -2.29. The maximum absolute atomic E-state index is 12.7. The predicted octanol–water partition coefficient (Wildman–Crippen LogP) is 2.52. The van der Waals surface area contributed by atoms with E-state index in [4.69, 9.17) is 0 Å². The lowest BCUT2D eigenvalue weighted by Gasteiger charge is -2.22. The van der Waals surface area contributed by atoms with Gasteiger partial charge in [0, 0.05) is 12.6 Å². The lowest BCUT2D eigenvalue weighted by molar-refractivity contribution is 0.135. The van der Waals surface area contributed by atoms with E-state index in [-0.39, 0.29) is 5.82 Å². The summed E-state index contributed by atoms with van der Waals surface area (Å²) in [6.45, 7) is 4.15. The molecule has 1 aliphatic carbocycles. The van der Waals surface area contributed by atoms with Crippen LogP contribution in [-0.4, -0.2) is 34.1 Å². The van der Waals surface area contributed by atoms with Crippen LogP contribution in [0.25, 0.3) is 0 Å². The van der Waals surface area contributed by atoms with Crippen LogP contribution >= 0.6 is 0 Å². The standard InChI is InChI=1S/C14H21FN2O/c1-2-8-17(12-4-5-12)9-7-14(18)13-6-3-11(15)10-16-13/h3,6,10,12,14,18H,2,4-5,7-9H2,1H3. The van der Waals surface area contributed by atoms with Gasteiger partial charge in [-0.05, 0) is 44.4 Å². The van der Waals surface area contributed by atoms with Crippen LogP contribution in [0.4, 0.5) is 4.39 Å². The third kappa shape index (κ3) is 3.75. The number of aliphatic hydroxyl groups excluding tert-OH is 1. The molecule has 0 saturated heterocycles. The summed E-state index contributed by atoms with van der Waals surface area (Å²) >= 11 is 0. The molecule has 1 fully saturated rings. The second kappa shape index (κ2) is 6.25.